The van der Waals surface area contributed by atoms with E-state index in [1.54, 1.807) is 0 Å². The average Bonchev–Trinajstić information content (AvgIpc) is 3.19. The molecule has 4 heteroatoms. The van der Waals surface area contributed by atoms with E-state index in [0.717, 1.165) is 29.7 Å². The highest BCUT2D eigenvalue weighted by Gasteiger charge is 2.66. The SMILES string of the molecule is CCCC[C@@H]1O[C@@]1([C@H](O)C(C)C)[S@@](=O)c1ccc(C)cc1. The summed E-state index contributed by atoms with van der Waals surface area (Å²) in [5.74, 6) is 0.0195. The molecule has 2 rings (SSSR count). The summed E-state index contributed by atoms with van der Waals surface area (Å²) in [7, 11) is -1.35. The highest BCUT2D eigenvalue weighted by atomic mass is 32.2. The van der Waals surface area contributed by atoms with E-state index >= 15 is 0 Å². The third-order valence-electron chi connectivity index (χ3n) is 4.11. The van der Waals surface area contributed by atoms with Gasteiger partial charge in [-0.15, -0.1) is 0 Å². The topological polar surface area (TPSA) is 49.8 Å². The number of aryl methyl sites for hydroxylation is 1. The fourth-order valence-electron chi connectivity index (χ4n) is 2.68. The molecule has 21 heavy (non-hydrogen) atoms. The number of benzene rings is 1. The first kappa shape index (κ1) is 16.7. The number of hydrogen-bond donors (Lipinski definition) is 1. The Balaban J connectivity index is 2.25. The molecule has 0 saturated carbocycles. The number of rotatable bonds is 7. The van der Waals surface area contributed by atoms with Crippen LogP contribution in [0.3, 0.4) is 0 Å². The molecule has 1 aromatic rings. The summed E-state index contributed by atoms with van der Waals surface area (Å²) in [4.78, 5) is -0.183. The highest BCUT2D eigenvalue weighted by Crippen LogP contribution is 2.49. The molecule has 1 N–H and O–H groups in total. The van der Waals surface area contributed by atoms with E-state index in [1.807, 2.05) is 45.0 Å². The van der Waals surface area contributed by atoms with Crippen molar-refractivity contribution in [1.82, 2.24) is 0 Å². The molecule has 0 aliphatic carbocycles. The van der Waals surface area contributed by atoms with Gasteiger partial charge >= 0.3 is 0 Å². The maximum absolute atomic E-state index is 13.0. The van der Waals surface area contributed by atoms with Gasteiger partial charge < -0.3 is 9.84 Å². The van der Waals surface area contributed by atoms with E-state index in [4.69, 9.17) is 4.74 Å². The summed E-state index contributed by atoms with van der Waals surface area (Å²) in [5.41, 5.74) is 1.13. The third kappa shape index (κ3) is 3.22. The number of epoxide rings is 1. The zero-order valence-corrected chi connectivity index (χ0v) is 14.2. The lowest BCUT2D eigenvalue weighted by molar-refractivity contribution is 0.0764. The molecule has 4 atom stereocenters. The van der Waals surface area contributed by atoms with E-state index in [9.17, 15) is 9.32 Å². The van der Waals surface area contributed by atoms with Crippen LogP contribution in [-0.2, 0) is 15.5 Å². The van der Waals surface area contributed by atoms with Crippen molar-refractivity contribution in [1.29, 1.82) is 0 Å². The summed E-state index contributed by atoms with van der Waals surface area (Å²) in [5, 5.41) is 10.6. The fraction of sp³-hybridized carbons (Fsp3) is 0.647. The van der Waals surface area contributed by atoms with Gasteiger partial charge in [0.1, 0.15) is 12.2 Å². The Kier molecular flexibility index (Phi) is 5.23. The lowest BCUT2D eigenvalue weighted by atomic mass is 10.00. The molecule has 118 valence electrons. The minimum atomic E-state index is -1.35. The Labute approximate surface area is 130 Å². The average molecular weight is 310 g/mol. The molecular weight excluding hydrogens is 284 g/mol. The van der Waals surface area contributed by atoms with Crippen LogP contribution in [0, 0.1) is 12.8 Å². The van der Waals surface area contributed by atoms with E-state index < -0.39 is 21.8 Å². The van der Waals surface area contributed by atoms with Crippen LogP contribution in [0.1, 0.15) is 45.6 Å². The van der Waals surface area contributed by atoms with Crippen molar-refractivity contribution >= 4 is 10.8 Å². The molecule has 1 saturated heterocycles. The Morgan fingerprint density at radius 2 is 1.95 bits per heavy atom. The molecule has 0 amide bonds. The quantitative estimate of drug-likeness (QED) is 0.785. The Morgan fingerprint density at radius 1 is 1.33 bits per heavy atom. The standard InChI is InChI=1S/C17H26O3S/c1-5-6-7-15-17(20-15,16(18)12(2)3)21(19)14-10-8-13(4)9-11-14/h8-12,15-16,18H,5-7H2,1-4H3/t15-,16+,17+,21-/m0/s1. The zero-order chi connectivity index (χ0) is 15.6. The molecule has 3 nitrogen and oxygen atoms in total. The van der Waals surface area contributed by atoms with Gasteiger partial charge in [-0.3, -0.25) is 4.21 Å². The number of aliphatic hydroxyl groups excluding tert-OH is 1. The zero-order valence-electron chi connectivity index (χ0n) is 13.3. The lowest BCUT2D eigenvalue weighted by Gasteiger charge is -2.23. The summed E-state index contributed by atoms with van der Waals surface area (Å²) in [6.07, 6.45) is 2.16. The van der Waals surface area contributed by atoms with Crippen molar-refractivity contribution < 1.29 is 14.1 Å². The summed E-state index contributed by atoms with van der Waals surface area (Å²) in [6.45, 7) is 8.01. The van der Waals surface area contributed by atoms with Gasteiger partial charge in [0.2, 0.25) is 0 Å². The van der Waals surface area contributed by atoms with Crippen molar-refractivity contribution in [3.63, 3.8) is 0 Å². The third-order valence-corrected chi connectivity index (χ3v) is 5.99. The van der Waals surface area contributed by atoms with E-state index in [0.29, 0.717) is 0 Å². The van der Waals surface area contributed by atoms with Gasteiger partial charge in [-0.1, -0.05) is 51.3 Å². The second-order valence-electron chi connectivity index (χ2n) is 6.24. The van der Waals surface area contributed by atoms with E-state index in [1.165, 1.54) is 0 Å². The fourth-order valence-corrected chi connectivity index (χ4v) is 4.48. The minimum absolute atomic E-state index is 0.0195. The molecule has 0 radical (unpaired) electrons. The van der Waals surface area contributed by atoms with Crippen LogP contribution in [0.5, 0.6) is 0 Å². The van der Waals surface area contributed by atoms with Gasteiger partial charge in [-0.05, 0) is 31.4 Å². The smallest absolute Gasteiger partial charge is 0.199 e. The van der Waals surface area contributed by atoms with Gasteiger partial charge in [0.25, 0.3) is 0 Å². The van der Waals surface area contributed by atoms with Crippen LogP contribution in [-0.4, -0.2) is 26.5 Å². The second-order valence-corrected chi connectivity index (χ2v) is 7.89. The largest absolute Gasteiger partial charge is 0.389 e. The maximum Gasteiger partial charge on any atom is 0.199 e. The molecule has 1 aliphatic heterocycles. The Hall–Kier alpha value is -0.710. The van der Waals surface area contributed by atoms with Crippen molar-refractivity contribution in [2.24, 2.45) is 5.92 Å². The van der Waals surface area contributed by atoms with Gasteiger partial charge in [0.05, 0.1) is 10.8 Å². The maximum atomic E-state index is 13.0. The Morgan fingerprint density at radius 3 is 2.48 bits per heavy atom. The van der Waals surface area contributed by atoms with Crippen LogP contribution in [0.25, 0.3) is 0 Å². The van der Waals surface area contributed by atoms with Crippen molar-refractivity contribution in [3.8, 4) is 0 Å². The number of ether oxygens (including phenoxy) is 1. The molecule has 0 bridgehead atoms. The van der Waals surface area contributed by atoms with Gasteiger partial charge in [0.15, 0.2) is 4.93 Å². The first-order valence-corrected chi connectivity index (χ1v) is 8.92. The number of unbranched alkanes of at least 4 members (excludes halogenated alkanes) is 1. The predicted molar refractivity (Wildman–Crippen MR) is 85.6 cm³/mol. The number of hydrogen-bond acceptors (Lipinski definition) is 3. The molecule has 0 aromatic heterocycles. The molecule has 0 spiro atoms. The van der Waals surface area contributed by atoms with Crippen LogP contribution >= 0.6 is 0 Å². The van der Waals surface area contributed by atoms with Gasteiger partial charge in [0, 0.05) is 4.90 Å². The molecule has 1 fully saturated rings. The molecular formula is C17H26O3S. The van der Waals surface area contributed by atoms with Crippen molar-refractivity contribution in [3.05, 3.63) is 29.8 Å². The first-order chi connectivity index (χ1) is 9.93. The monoisotopic (exact) mass is 310 g/mol. The molecule has 0 unspecified atom stereocenters. The second kappa shape index (κ2) is 6.59. The molecule has 1 aliphatic rings. The summed E-state index contributed by atoms with van der Waals surface area (Å²) >= 11 is 0. The molecule has 1 aromatic carbocycles. The molecule has 1 heterocycles. The van der Waals surface area contributed by atoms with Crippen molar-refractivity contribution in [2.45, 2.75) is 69.0 Å². The lowest BCUT2D eigenvalue weighted by Crippen LogP contribution is -2.40. The van der Waals surface area contributed by atoms with Crippen LogP contribution in [0.4, 0.5) is 0 Å². The normalized spacial score (nSPS) is 27.6. The van der Waals surface area contributed by atoms with E-state index in [2.05, 4.69) is 6.92 Å². The predicted octanol–water partition coefficient (Wildman–Crippen LogP) is 3.40. The van der Waals surface area contributed by atoms with Crippen LogP contribution in [0.15, 0.2) is 29.2 Å². The van der Waals surface area contributed by atoms with E-state index in [-0.39, 0.29) is 12.0 Å². The van der Waals surface area contributed by atoms with Crippen molar-refractivity contribution in [2.75, 3.05) is 0 Å². The Bertz CT molecular complexity index is 497. The number of aliphatic hydroxyl groups is 1. The summed E-state index contributed by atoms with van der Waals surface area (Å²) < 4.78 is 18.8. The first-order valence-electron chi connectivity index (χ1n) is 7.78. The minimum Gasteiger partial charge on any atom is -0.389 e. The van der Waals surface area contributed by atoms with Crippen LogP contribution in [0.2, 0.25) is 0 Å². The van der Waals surface area contributed by atoms with Gasteiger partial charge in [-0.25, -0.2) is 0 Å². The van der Waals surface area contributed by atoms with Gasteiger partial charge in [-0.2, -0.15) is 0 Å². The van der Waals surface area contributed by atoms with Crippen LogP contribution < -0.4 is 0 Å². The highest BCUT2D eigenvalue weighted by molar-refractivity contribution is 7.86. The summed E-state index contributed by atoms with van der Waals surface area (Å²) in [6, 6.07) is 7.65.